The minimum Gasteiger partial charge on any atom is -0.462 e. The normalized spacial score (nSPS) is 10.2. The molecule has 0 spiro atoms. The van der Waals surface area contributed by atoms with E-state index in [2.05, 4.69) is 15.6 Å². The Hall–Kier alpha value is -4.59. The van der Waals surface area contributed by atoms with Crippen molar-refractivity contribution >= 4 is 56.4 Å². The van der Waals surface area contributed by atoms with Gasteiger partial charge in [0.25, 0.3) is 11.8 Å². The summed E-state index contributed by atoms with van der Waals surface area (Å²) in [5.41, 5.74) is 1.16. The van der Waals surface area contributed by atoms with E-state index < -0.39 is 23.8 Å². The zero-order valence-electron chi connectivity index (χ0n) is 20.8. The predicted octanol–water partition coefficient (Wildman–Crippen LogP) is 4.42. The van der Waals surface area contributed by atoms with Crippen molar-refractivity contribution in [2.45, 2.75) is 27.7 Å². The topological polar surface area (TPSA) is 171 Å². The summed E-state index contributed by atoms with van der Waals surface area (Å²) >= 11 is 1.85. The number of nitrogens with one attached hydrogen (secondary N) is 2. The highest BCUT2D eigenvalue weighted by Crippen LogP contribution is 2.34. The Balaban J connectivity index is 1.77. The highest BCUT2D eigenvalue weighted by atomic mass is 32.1. The first-order valence-electron chi connectivity index (χ1n) is 11.2. The van der Waals surface area contributed by atoms with E-state index in [0.717, 1.165) is 22.7 Å². The van der Waals surface area contributed by atoms with Gasteiger partial charge in [0.2, 0.25) is 0 Å². The molecule has 0 saturated carbocycles. The number of ether oxygens (including phenoxy) is 2. The van der Waals surface area contributed by atoms with Crippen molar-refractivity contribution in [1.29, 1.82) is 10.5 Å². The van der Waals surface area contributed by atoms with E-state index in [1.54, 1.807) is 27.7 Å². The van der Waals surface area contributed by atoms with Crippen molar-refractivity contribution < 1.29 is 28.7 Å². The van der Waals surface area contributed by atoms with Crippen molar-refractivity contribution in [2.75, 3.05) is 23.8 Å². The third-order valence-electron chi connectivity index (χ3n) is 5.15. The number of carbonyl (C=O) groups is 4. The number of nitrogens with zero attached hydrogens (tertiary/aromatic N) is 3. The molecule has 3 rings (SSSR count). The predicted molar refractivity (Wildman–Crippen MR) is 140 cm³/mol. The van der Waals surface area contributed by atoms with Gasteiger partial charge in [0.05, 0.1) is 29.9 Å². The van der Waals surface area contributed by atoms with Crippen LogP contribution < -0.4 is 10.6 Å². The summed E-state index contributed by atoms with van der Waals surface area (Å²) in [4.78, 5) is 54.2. The number of nitriles is 2. The van der Waals surface area contributed by atoms with Crippen LogP contribution in [0.3, 0.4) is 0 Å². The second-order valence-electron chi connectivity index (χ2n) is 7.53. The van der Waals surface area contributed by atoms with Crippen LogP contribution in [-0.4, -0.2) is 42.0 Å². The van der Waals surface area contributed by atoms with E-state index in [0.29, 0.717) is 11.1 Å². The van der Waals surface area contributed by atoms with E-state index in [1.165, 1.54) is 18.3 Å². The van der Waals surface area contributed by atoms with Crippen LogP contribution in [0.25, 0.3) is 0 Å². The second-order valence-corrected chi connectivity index (χ2v) is 9.57. The Morgan fingerprint density at radius 2 is 1.32 bits per heavy atom. The first-order valence-corrected chi connectivity index (χ1v) is 12.8. The van der Waals surface area contributed by atoms with Crippen LogP contribution in [0.5, 0.6) is 0 Å². The molecular formula is C25H21N5O6S2. The smallest absolute Gasteiger partial charge is 0.348 e. The maximum Gasteiger partial charge on any atom is 0.348 e. The zero-order chi connectivity index (χ0) is 28.0. The Morgan fingerprint density at radius 1 is 0.842 bits per heavy atom. The fourth-order valence-electron chi connectivity index (χ4n) is 3.26. The van der Waals surface area contributed by atoms with Crippen LogP contribution in [0.2, 0.25) is 0 Å². The number of hydrogen-bond donors (Lipinski definition) is 2. The van der Waals surface area contributed by atoms with Crippen molar-refractivity contribution in [2.24, 2.45) is 0 Å². The van der Waals surface area contributed by atoms with E-state index in [9.17, 15) is 29.7 Å². The summed E-state index contributed by atoms with van der Waals surface area (Å²) in [5, 5.41) is 24.5. The lowest BCUT2D eigenvalue weighted by atomic mass is 10.1. The third-order valence-corrected chi connectivity index (χ3v) is 7.53. The van der Waals surface area contributed by atoms with E-state index in [-0.39, 0.29) is 55.4 Å². The lowest BCUT2D eigenvalue weighted by Gasteiger charge is -2.05. The summed E-state index contributed by atoms with van der Waals surface area (Å²) in [6, 6.07) is 6.64. The van der Waals surface area contributed by atoms with Crippen molar-refractivity contribution in [3.63, 3.8) is 0 Å². The average Bonchev–Trinajstić information content (AvgIpc) is 3.39. The van der Waals surface area contributed by atoms with Gasteiger partial charge in [-0.2, -0.15) is 10.5 Å². The van der Waals surface area contributed by atoms with Crippen molar-refractivity contribution in [3.8, 4) is 12.1 Å². The van der Waals surface area contributed by atoms with Crippen LogP contribution in [-0.2, 0) is 9.47 Å². The molecule has 0 fully saturated rings. The average molecular weight is 552 g/mol. The van der Waals surface area contributed by atoms with Gasteiger partial charge in [0.15, 0.2) is 0 Å². The first-order chi connectivity index (χ1) is 18.2. The van der Waals surface area contributed by atoms with Gasteiger partial charge in [0.1, 0.15) is 37.6 Å². The molecule has 3 heterocycles. The van der Waals surface area contributed by atoms with Gasteiger partial charge in [-0.3, -0.25) is 14.6 Å². The monoisotopic (exact) mass is 551 g/mol. The zero-order valence-corrected chi connectivity index (χ0v) is 22.4. The summed E-state index contributed by atoms with van der Waals surface area (Å²) in [7, 11) is 0. The number of anilines is 2. The van der Waals surface area contributed by atoms with Gasteiger partial charge >= 0.3 is 11.9 Å². The molecule has 0 aromatic carbocycles. The lowest BCUT2D eigenvalue weighted by molar-refractivity contribution is 0.0521. The number of carbonyl (C=O) groups excluding carboxylic acids is 4. The number of esters is 2. The molecule has 13 heteroatoms. The highest BCUT2D eigenvalue weighted by Gasteiger charge is 2.24. The fraction of sp³-hybridized carbons (Fsp3) is 0.240. The summed E-state index contributed by atoms with van der Waals surface area (Å²) in [5.74, 6) is -2.42. The van der Waals surface area contributed by atoms with Crippen LogP contribution in [0.4, 0.5) is 10.0 Å². The molecule has 38 heavy (non-hydrogen) atoms. The second kappa shape index (κ2) is 12.1. The van der Waals surface area contributed by atoms with Crippen LogP contribution in [0, 0.1) is 36.5 Å². The van der Waals surface area contributed by atoms with Gasteiger partial charge in [-0.15, -0.1) is 22.7 Å². The molecule has 11 nitrogen and oxygen atoms in total. The number of amides is 2. The summed E-state index contributed by atoms with van der Waals surface area (Å²) in [6.45, 7) is 6.84. The van der Waals surface area contributed by atoms with Crippen molar-refractivity contribution in [3.05, 3.63) is 61.6 Å². The first kappa shape index (κ1) is 28.0. The molecule has 0 unspecified atom stereocenters. The SMILES string of the molecule is CCOC(=O)c1sc(NC(=O)c2ccc(C(=O)Nc3sc(C(=O)OCC)c(C)c3C#N)nc2)c(C#N)c1C. The summed E-state index contributed by atoms with van der Waals surface area (Å²) < 4.78 is 9.99. The molecular weight excluding hydrogens is 530 g/mol. The molecule has 2 N–H and O–H groups in total. The molecule has 0 bridgehead atoms. The van der Waals surface area contributed by atoms with Gasteiger partial charge in [-0.25, -0.2) is 9.59 Å². The molecule has 2 amide bonds. The Bertz CT molecular complexity index is 1400. The standard InChI is InChI=1S/C25H21N5O6S2/c1-5-35-24(33)18-12(3)15(9-26)22(37-18)29-20(31)14-7-8-17(28-11-14)21(32)30-23-16(10-27)13(4)19(38-23)25(34)36-6-2/h7-8,11H,5-6H2,1-4H3,(H,29,31)(H,30,32). The molecule has 0 radical (unpaired) electrons. The van der Waals surface area contributed by atoms with Gasteiger partial charge in [-0.05, 0) is 51.0 Å². The largest absolute Gasteiger partial charge is 0.462 e. The minimum atomic E-state index is -0.648. The fourth-order valence-corrected chi connectivity index (χ4v) is 5.35. The van der Waals surface area contributed by atoms with Crippen LogP contribution in [0.15, 0.2) is 18.3 Å². The highest BCUT2D eigenvalue weighted by molar-refractivity contribution is 7.19. The molecule has 0 atom stereocenters. The molecule has 3 aromatic heterocycles. The molecule has 0 aliphatic carbocycles. The van der Waals surface area contributed by atoms with Crippen LogP contribution >= 0.6 is 22.7 Å². The molecule has 0 aliphatic heterocycles. The number of thiophene rings is 2. The van der Waals surface area contributed by atoms with E-state index in [1.807, 2.05) is 12.1 Å². The molecule has 194 valence electrons. The van der Waals surface area contributed by atoms with Crippen LogP contribution in [0.1, 0.15) is 76.3 Å². The lowest BCUT2D eigenvalue weighted by Crippen LogP contribution is -2.16. The van der Waals surface area contributed by atoms with E-state index in [4.69, 9.17) is 9.47 Å². The number of rotatable bonds is 8. The number of pyridine rings is 1. The van der Waals surface area contributed by atoms with Crippen molar-refractivity contribution in [1.82, 2.24) is 4.98 Å². The van der Waals surface area contributed by atoms with Gasteiger partial charge < -0.3 is 20.1 Å². The molecule has 0 saturated heterocycles. The minimum absolute atomic E-state index is 0.0385. The number of aromatic nitrogens is 1. The summed E-state index contributed by atoms with van der Waals surface area (Å²) in [6.07, 6.45) is 1.18. The third kappa shape index (κ3) is 5.70. The number of hydrogen-bond acceptors (Lipinski definition) is 11. The quantitative estimate of drug-likeness (QED) is 0.384. The van der Waals surface area contributed by atoms with Gasteiger partial charge in [-0.1, -0.05) is 0 Å². The molecule has 0 aliphatic rings. The Kier molecular flexibility index (Phi) is 8.91. The Labute approximate surface area is 225 Å². The van der Waals surface area contributed by atoms with Gasteiger partial charge in [0, 0.05) is 6.20 Å². The molecule has 3 aromatic rings. The maximum atomic E-state index is 12.8. The maximum absolute atomic E-state index is 12.8. The van der Waals surface area contributed by atoms with E-state index >= 15 is 0 Å². The Morgan fingerprint density at radius 3 is 1.71 bits per heavy atom.